The number of rotatable bonds is 3. The predicted molar refractivity (Wildman–Crippen MR) is 116 cm³/mol. The van der Waals surface area contributed by atoms with Crippen molar-refractivity contribution in [1.29, 1.82) is 0 Å². The van der Waals surface area contributed by atoms with Crippen molar-refractivity contribution in [3.05, 3.63) is 79.3 Å². The fourth-order valence-corrected chi connectivity index (χ4v) is 4.17. The van der Waals surface area contributed by atoms with E-state index in [0.717, 1.165) is 44.8 Å². The van der Waals surface area contributed by atoms with Gasteiger partial charge in [-0.25, -0.2) is 4.98 Å². The number of hydrogen-bond donors (Lipinski definition) is 1. The topological polar surface area (TPSA) is 55.6 Å². The molecule has 2 heterocycles. The molecule has 0 amide bonds. The van der Waals surface area contributed by atoms with Crippen LogP contribution in [0.2, 0.25) is 0 Å². The summed E-state index contributed by atoms with van der Waals surface area (Å²) < 4.78 is 2.01. The molecule has 0 saturated heterocycles. The van der Waals surface area contributed by atoms with Crippen LogP contribution < -0.4 is 5.32 Å². The Morgan fingerprint density at radius 3 is 2.52 bits per heavy atom. The Balaban J connectivity index is 1.47. The van der Waals surface area contributed by atoms with Crippen molar-refractivity contribution in [2.75, 3.05) is 5.32 Å². The molecular weight excluding hydrogens is 358 g/mol. The fraction of sp³-hybridized carbons (Fsp3) is 0.0417. The lowest BCUT2D eigenvalue weighted by Gasteiger charge is -2.11. The molecule has 1 aliphatic rings. The highest BCUT2D eigenvalue weighted by molar-refractivity contribution is 6.16. The summed E-state index contributed by atoms with van der Waals surface area (Å²) in [7, 11) is 1.99. The first-order valence-electron chi connectivity index (χ1n) is 9.52. The zero-order valence-electron chi connectivity index (χ0n) is 15.8. The van der Waals surface area contributed by atoms with Gasteiger partial charge in [0.2, 0.25) is 0 Å². The van der Waals surface area contributed by atoms with Crippen LogP contribution in [0.1, 0.15) is 0 Å². The first-order valence-corrected chi connectivity index (χ1v) is 9.52. The first kappa shape index (κ1) is 16.0. The van der Waals surface area contributed by atoms with Gasteiger partial charge in [0.15, 0.2) is 5.82 Å². The maximum absolute atomic E-state index is 4.57. The second kappa shape index (κ2) is 6.01. The summed E-state index contributed by atoms with van der Waals surface area (Å²) in [5, 5.41) is 14.8. The third-order valence-corrected chi connectivity index (χ3v) is 5.52. The summed E-state index contributed by atoms with van der Waals surface area (Å²) in [5.74, 6) is 0.764. The minimum absolute atomic E-state index is 0.764. The molecule has 5 heteroatoms. The largest absolute Gasteiger partial charge is 0.338 e. The van der Waals surface area contributed by atoms with Gasteiger partial charge in [-0.3, -0.25) is 0 Å². The van der Waals surface area contributed by atoms with Crippen molar-refractivity contribution in [1.82, 2.24) is 19.7 Å². The minimum atomic E-state index is 0.764. The van der Waals surface area contributed by atoms with Crippen LogP contribution in [0.25, 0.3) is 44.4 Å². The highest BCUT2D eigenvalue weighted by Crippen LogP contribution is 2.46. The van der Waals surface area contributed by atoms with E-state index < -0.39 is 0 Å². The van der Waals surface area contributed by atoms with Gasteiger partial charge in [0, 0.05) is 34.6 Å². The second-order valence-corrected chi connectivity index (χ2v) is 7.27. The van der Waals surface area contributed by atoms with E-state index in [1.54, 1.807) is 0 Å². The lowest BCUT2D eigenvalue weighted by molar-refractivity contribution is 0.921. The van der Waals surface area contributed by atoms with Crippen molar-refractivity contribution >= 4 is 22.3 Å². The molecule has 0 radical (unpaired) electrons. The van der Waals surface area contributed by atoms with Gasteiger partial charge in [0.25, 0.3) is 0 Å². The summed E-state index contributed by atoms with van der Waals surface area (Å²) in [6.07, 6.45) is 3.68. The number of imidazole rings is 1. The molecule has 0 saturated carbocycles. The first-order chi connectivity index (χ1) is 14.3. The Morgan fingerprint density at radius 2 is 1.66 bits per heavy atom. The van der Waals surface area contributed by atoms with Gasteiger partial charge in [-0.05, 0) is 23.3 Å². The van der Waals surface area contributed by atoms with E-state index in [-0.39, 0.29) is 0 Å². The van der Waals surface area contributed by atoms with Gasteiger partial charge < -0.3 is 9.88 Å². The van der Waals surface area contributed by atoms with Gasteiger partial charge >= 0.3 is 0 Å². The molecule has 0 atom stereocenters. The Morgan fingerprint density at radius 1 is 0.828 bits per heavy atom. The molecule has 5 nitrogen and oxygen atoms in total. The maximum Gasteiger partial charge on any atom is 0.161 e. The van der Waals surface area contributed by atoms with Crippen LogP contribution in [0.15, 0.2) is 79.3 Å². The number of nitrogens with one attached hydrogen (secondary N) is 1. The summed E-state index contributed by atoms with van der Waals surface area (Å²) in [6, 6.07) is 23.0. The molecule has 0 spiro atoms. The SMILES string of the molecule is Cn1cncc1-c1cccc(Nc2nnc3c4c(cccc24)-c2ccccc2-3)c1. The van der Waals surface area contributed by atoms with Crippen molar-refractivity contribution in [3.63, 3.8) is 0 Å². The van der Waals surface area contributed by atoms with Crippen molar-refractivity contribution in [3.8, 4) is 33.6 Å². The molecule has 1 N–H and O–H groups in total. The third-order valence-electron chi connectivity index (χ3n) is 5.52. The molecular formula is C24H17N5. The molecule has 0 fully saturated rings. The minimum Gasteiger partial charge on any atom is -0.338 e. The Labute approximate surface area is 167 Å². The van der Waals surface area contributed by atoms with E-state index >= 15 is 0 Å². The van der Waals surface area contributed by atoms with Crippen LogP contribution >= 0.6 is 0 Å². The summed E-state index contributed by atoms with van der Waals surface area (Å²) in [6.45, 7) is 0. The van der Waals surface area contributed by atoms with Crippen LogP contribution in [0.3, 0.4) is 0 Å². The summed E-state index contributed by atoms with van der Waals surface area (Å²) >= 11 is 0. The van der Waals surface area contributed by atoms with Crippen LogP contribution in [0, 0.1) is 0 Å². The molecule has 5 aromatic rings. The summed E-state index contributed by atoms with van der Waals surface area (Å²) in [4.78, 5) is 4.22. The predicted octanol–water partition coefficient (Wildman–Crippen LogP) is 5.42. The van der Waals surface area contributed by atoms with Crippen molar-refractivity contribution in [2.45, 2.75) is 0 Å². The van der Waals surface area contributed by atoms with Crippen molar-refractivity contribution in [2.24, 2.45) is 7.05 Å². The number of nitrogens with zero attached hydrogens (tertiary/aromatic N) is 4. The van der Waals surface area contributed by atoms with E-state index in [0.29, 0.717) is 0 Å². The quantitative estimate of drug-likeness (QED) is 0.449. The lowest BCUT2D eigenvalue weighted by atomic mass is 10.0. The molecule has 3 aromatic carbocycles. The highest BCUT2D eigenvalue weighted by Gasteiger charge is 2.24. The van der Waals surface area contributed by atoms with Crippen LogP contribution in [0.4, 0.5) is 11.5 Å². The van der Waals surface area contributed by atoms with Gasteiger partial charge in [-0.2, -0.15) is 0 Å². The van der Waals surface area contributed by atoms with Gasteiger partial charge in [0.1, 0.15) is 5.69 Å². The lowest BCUT2D eigenvalue weighted by Crippen LogP contribution is -1.98. The van der Waals surface area contributed by atoms with Gasteiger partial charge in [-0.1, -0.05) is 54.6 Å². The third kappa shape index (κ3) is 2.37. The van der Waals surface area contributed by atoms with Crippen LogP contribution in [0.5, 0.6) is 0 Å². The van der Waals surface area contributed by atoms with Crippen LogP contribution in [-0.2, 0) is 7.05 Å². The molecule has 2 aromatic heterocycles. The van der Waals surface area contributed by atoms with Crippen LogP contribution in [-0.4, -0.2) is 19.7 Å². The van der Waals surface area contributed by atoms with E-state index in [1.165, 1.54) is 11.1 Å². The average Bonchev–Trinajstić information content (AvgIpc) is 3.33. The van der Waals surface area contributed by atoms with E-state index in [2.05, 4.69) is 69.0 Å². The maximum atomic E-state index is 4.57. The smallest absolute Gasteiger partial charge is 0.161 e. The van der Waals surface area contributed by atoms with Crippen molar-refractivity contribution < 1.29 is 0 Å². The fourth-order valence-electron chi connectivity index (χ4n) is 4.17. The number of fused-ring (bicyclic) bond motifs is 3. The van der Waals surface area contributed by atoms with E-state index in [9.17, 15) is 0 Å². The zero-order chi connectivity index (χ0) is 19.4. The second-order valence-electron chi connectivity index (χ2n) is 7.27. The van der Waals surface area contributed by atoms with E-state index in [1.807, 2.05) is 42.3 Å². The van der Waals surface area contributed by atoms with Gasteiger partial charge in [-0.15, -0.1) is 10.2 Å². The number of aryl methyl sites for hydroxylation is 1. The molecule has 6 rings (SSSR count). The molecule has 138 valence electrons. The summed E-state index contributed by atoms with van der Waals surface area (Å²) in [5.41, 5.74) is 7.68. The Bertz CT molecular complexity index is 1370. The monoisotopic (exact) mass is 375 g/mol. The average molecular weight is 375 g/mol. The molecule has 0 unspecified atom stereocenters. The zero-order valence-corrected chi connectivity index (χ0v) is 15.8. The number of benzene rings is 3. The Kier molecular flexibility index (Phi) is 3.32. The molecule has 0 aliphatic heterocycles. The highest BCUT2D eigenvalue weighted by atomic mass is 15.2. The number of hydrogen-bond acceptors (Lipinski definition) is 4. The molecule has 1 aliphatic carbocycles. The van der Waals surface area contributed by atoms with Gasteiger partial charge in [0.05, 0.1) is 18.2 Å². The molecule has 29 heavy (non-hydrogen) atoms. The normalized spacial score (nSPS) is 11.6. The Hall–Kier alpha value is -3.99. The molecule has 0 bridgehead atoms. The number of anilines is 2. The van der Waals surface area contributed by atoms with E-state index in [4.69, 9.17) is 0 Å². The standard InChI is InChI=1S/C24H17N5/c1-29-14-25-13-21(29)15-6-4-7-16(12-15)26-24-20-11-5-10-18-17-8-2-3-9-19(17)23(22(18)20)27-28-24/h2-14H,1H3,(H,26,28). The number of aromatic nitrogens is 4.